The number of hydrogen-bond donors (Lipinski definition) is 0. The standard InChI is InChI=1S/C12H16F10/c1-2-3-8(4-9(13,14)6-11(17,18)19)5-10(15,16)7-12(20,21)22/h8H,2-7H2,1H3. The zero-order valence-electron chi connectivity index (χ0n) is 11.6. The lowest BCUT2D eigenvalue weighted by molar-refractivity contribution is -0.201. The fraction of sp³-hybridized carbons (Fsp3) is 1.00. The lowest BCUT2D eigenvalue weighted by Gasteiger charge is -2.27. The highest BCUT2D eigenvalue weighted by Gasteiger charge is 2.48. The maximum Gasteiger partial charge on any atom is 0.394 e. The van der Waals surface area contributed by atoms with Crippen molar-refractivity contribution in [2.24, 2.45) is 5.92 Å². The molecule has 0 unspecified atom stereocenters. The molecule has 22 heavy (non-hydrogen) atoms. The van der Waals surface area contributed by atoms with Crippen LogP contribution in [-0.4, -0.2) is 24.2 Å². The topological polar surface area (TPSA) is 0 Å². The van der Waals surface area contributed by atoms with Crippen molar-refractivity contribution in [1.29, 1.82) is 0 Å². The summed E-state index contributed by atoms with van der Waals surface area (Å²) in [6, 6.07) is 0. The van der Waals surface area contributed by atoms with E-state index < -0.39 is 55.8 Å². The van der Waals surface area contributed by atoms with Crippen LogP contribution in [0.5, 0.6) is 0 Å². The third-order valence-corrected chi connectivity index (χ3v) is 2.79. The zero-order chi connectivity index (χ0) is 17.8. The van der Waals surface area contributed by atoms with Gasteiger partial charge in [-0.1, -0.05) is 19.8 Å². The molecule has 0 bridgehead atoms. The molecule has 0 spiro atoms. The van der Waals surface area contributed by atoms with Crippen molar-refractivity contribution in [2.75, 3.05) is 0 Å². The van der Waals surface area contributed by atoms with Gasteiger partial charge in [-0.3, -0.25) is 0 Å². The summed E-state index contributed by atoms with van der Waals surface area (Å²) in [6.45, 7) is 1.41. The van der Waals surface area contributed by atoms with Crippen LogP contribution in [0, 0.1) is 5.92 Å². The van der Waals surface area contributed by atoms with Crippen LogP contribution in [0.2, 0.25) is 0 Å². The third-order valence-electron chi connectivity index (χ3n) is 2.79. The molecule has 0 saturated heterocycles. The van der Waals surface area contributed by atoms with Crippen LogP contribution in [0.4, 0.5) is 43.9 Å². The van der Waals surface area contributed by atoms with Crippen LogP contribution in [0.3, 0.4) is 0 Å². The monoisotopic (exact) mass is 350 g/mol. The lowest BCUT2D eigenvalue weighted by atomic mass is 9.88. The zero-order valence-corrected chi connectivity index (χ0v) is 11.6. The SMILES string of the molecule is CCCC(CC(F)(F)CC(F)(F)F)CC(F)(F)CC(F)(F)F. The minimum Gasteiger partial charge on any atom is -0.207 e. The Labute approximate surface area is 120 Å². The van der Waals surface area contributed by atoms with Gasteiger partial charge in [0.1, 0.15) is 12.8 Å². The Morgan fingerprint density at radius 2 is 0.955 bits per heavy atom. The summed E-state index contributed by atoms with van der Waals surface area (Å²) in [6.07, 6.45) is -18.6. The van der Waals surface area contributed by atoms with E-state index in [1.54, 1.807) is 0 Å². The Balaban J connectivity index is 4.86. The summed E-state index contributed by atoms with van der Waals surface area (Å²) >= 11 is 0. The molecule has 0 N–H and O–H groups in total. The molecule has 0 saturated carbocycles. The molecule has 0 aromatic heterocycles. The Hall–Kier alpha value is -0.700. The summed E-state index contributed by atoms with van der Waals surface area (Å²) in [4.78, 5) is 0. The maximum absolute atomic E-state index is 13.2. The molecule has 0 radical (unpaired) electrons. The lowest BCUT2D eigenvalue weighted by Crippen LogP contribution is -2.33. The van der Waals surface area contributed by atoms with Crippen molar-refractivity contribution < 1.29 is 43.9 Å². The Morgan fingerprint density at radius 1 is 0.636 bits per heavy atom. The molecule has 0 aliphatic carbocycles. The van der Waals surface area contributed by atoms with Gasteiger partial charge in [0, 0.05) is 12.8 Å². The summed E-state index contributed by atoms with van der Waals surface area (Å²) in [7, 11) is 0. The third kappa shape index (κ3) is 10.9. The van der Waals surface area contributed by atoms with Crippen molar-refractivity contribution in [1.82, 2.24) is 0 Å². The first-order valence-corrected chi connectivity index (χ1v) is 6.44. The Morgan fingerprint density at radius 3 is 1.18 bits per heavy atom. The average molecular weight is 350 g/mol. The molecule has 0 nitrogen and oxygen atoms in total. The van der Waals surface area contributed by atoms with Gasteiger partial charge in [0.05, 0.1) is 0 Å². The predicted molar refractivity (Wildman–Crippen MR) is 58.9 cm³/mol. The van der Waals surface area contributed by atoms with Crippen LogP contribution in [0.25, 0.3) is 0 Å². The second-order valence-corrected chi connectivity index (χ2v) is 5.36. The van der Waals surface area contributed by atoms with Gasteiger partial charge in [-0.2, -0.15) is 26.3 Å². The Kier molecular flexibility index (Phi) is 7.02. The van der Waals surface area contributed by atoms with Crippen molar-refractivity contribution in [2.45, 2.75) is 69.6 Å². The van der Waals surface area contributed by atoms with Gasteiger partial charge in [-0.15, -0.1) is 0 Å². The molecule has 0 aromatic carbocycles. The molecule has 0 aliphatic rings. The van der Waals surface area contributed by atoms with Gasteiger partial charge in [0.15, 0.2) is 0 Å². The second kappa shape index (κ2) is 7.25. The van der Waals surface area contributed by atoms with Gasteiger partial charge in [-0.05, 0) is 5.92 Å². The molecule has 0 fully saturated rings. The van der Waals surface area contributed by atoms with Gasteiger partial charge >= 0.3 is 12.4 Å². The Bertz CT molecular complexity index is 298. The van der Waals surface area contributed by atoms with E-state index in [1.165, 1.54) is 6.92 Å². The minimum atomic E-state index is -5.19. The summed E-state index contributed by atoms with van der Waals surface area (Å²) in [5.74, 6) is -10.2. The molecule has 0 heterocycles. The van der Waals surface area contributed by atoms with Crippen LogP contribution in [-0.2, 0) is 0 Å². The van der Waals surface area contributed by atoms with Crippen LogP contribution in [0.15, 0.2) is 0 Å². The summed E-state index contributed by atoms with van der Waals surface area (Å²) < 4.78 is 125. The quantitative estimate of drug-likeness (QED) is 0.447. The molecule has 0 aromatic rings. The van der Waals surface area contributed by atoms with Crippen LogP contribution in [0.1, 0.15) is 45.4 Å². The first-order valence-electron chi connectivity index (χ1n) is 6.44. The van der Waals surface area contributed by atoms with E-state index in [4.69, 9.17) is 0 Å². The van der Waals surface area contributed by atoms with E-state index in [0.717, 1.165) is 0 Å². The van der Waals surface area contributed by atoms with Crippen molar-refractivity contribution in [3.63, 3.8) is 0 Å². The fourth-order valence-electron chi connectivity index (χ4n) is 2.26. The molecule has 10 heteroatoms. The average Bonchev–Trinajstić information content (AvgIpc) is 2.06. The highest BCUT2D eigenvalue weighted by molar-refractivity contribution is 4.81. The first-order chi connectivity index (χ1) is 9.55. The molecule has 0 rings (SSSR count). The summed E-state index contributed by atoms with van der Waals surface area (Å²) in [5, 5.41) is 0. The number of alkyl halides is 10. The molecule has 0 atom stereocenters. The van der Waals surface area contributed by atoms with Crippen molar-refractivity contribution >= 4 is 0 Å². The number of rotatable bonds is 8. The maximum atomic E-state index is 13.2. The number of halogens is 10. The van der Waals surface area contributed by atoms with Crippen molar-refractivity contribution in [3.05, 3.63) is 0 Å². The van der Waals surface area contributed by atoms with Crippen LogP contribution < -0.4 is 0 Å². The summed E-state index contributed by atoms with van der Waals surface area (Å²) in [5.41, 5.74) is 0. The number of hydrogen-bond acceptors (Lipinski definition) is 0. The van der Waals surface area contributed by atoms with Gasteiger partial charge in [0.25, 0.3) is 11.8 Å². The van der Waals surface area contributed by atoms with Gasteiger partial charge < -0.3 is 0 Å². The highest BCUT2D eigenvalue weighted by Crippen LogP contribution is 2.42. The van der Waals surface area contributed by atoms with E-state index in [0.29, 0.717) is 0 Å². The highest BCUT2D eigenvalue weighted by atomic mass is 19.4. The normalized spacial score (nSPS) is 14.7. The minimum absolute atomic E-state index is 0.0921. The molecule has 0 aliphatic heterocycles. The van der Waals surface area contributed by atoms with E-state index >= 15 is 0 Å². The van der Waals surface area contributed by atoms with E-state index in [2.05, 4.69) is 0 Å². The largest absolute Gasteiger partial charge is 0.394 e. The van der Waals surface area contributed by atoms with E-state index in [-0.39, 0.29) is 12.8 Å². The second-order valence-electron chi connectivity index (χ2n) is 5.36. The predicted octanol–water partition coefficient (Wildman–Crippen LogP) is 6.36. The van der Waals surface area contributed by atoms with Crippen LogP contribution >= 0.6 is 0 Å². The first kappa shape index (κ1) is 21.3. The van der Waals surface area contributed by atoms with E-state index in [1.807, 2.05) is 0 Å². The molecule has 134 valence electrons. The van der Waals surface area contributed by atoms with Gasteiger partial charge in [0.2, 0.25) is 0 Å². The fourth-order valence-corrected chi connectivity index (χ4v) is 2.26. The smallest absolute Gasteiger partial charge is 0.207 e. The molecular formula is C12H16F10. The van der Waals surface area contributed by atoms with Gasteiger partial charge in [-0.25, -0.2) is 17.6 Å². The molecular weight excluding hydrogens is 334 g/mol. The van der Waals surface area contributed by atoms with E-state index in [9.17, 15) is 43.9 Å². The van der Waals surface area contributed by atoms with Crippen molar-refractivity contribution in [3.8, 4) is 0 Å². The molecule has 0 amide bonds.